The predicted molar refractivity (Wildman–Crippen MR) is 88.5 cm³/mol. The minimum atomic E-state index is 0.0657. The zero-order chi connectivity index (χ0) is 14.5. The van der Waals surface area contributed by atoms with Gasteiger partial charge in [0.15, 0.2) is 5.11 Å². The van der Waals surface area contributed by atoms with Crippen molar-refractivity contribution in [3.05, 3.63) is 58.3 Å². The maximum atomic E-state index is 6.08. The Labute approximate surface area is 133 Å². The molecular formula is C14H13Cl2N3S. The van der Waals surface area contributed by atoms with Crippen molar-refractivity contribution in [2.75, 3.05) is 5.32 Å². The smallest absolute Gasteiger partial charge is 0.171 e. The Morgan fingerprint density at radius 2 is 1.90 bits per heavy atom. The van der Waals surface area contributed by atoms with Crippen LogP contribution in [0.5, 0.6) is 0 Å². The minimum Gasteiger partial charge on any atom is -0.356 e. The maximum Gasteiger partial charge on any atom is 0.171 e. The van der Waals surface area contributed by atoms with Crippen LogP contribution in [0, 0.1) is 0 Å². The van der Waals surface area contributed by atoms with Crippen molar-refractivity contribution in [1.29, 1.82) is 0 Å². The molecule has 1 atom stereocenters. The van der Waals surface area contributed by atoms with E-state index in [4.69, 9.17) is 35.4 Å². The van der Waals surface area contributed by atoms with E-state index in [0.29, 0.717) is 20.8 Å². The molecule has 0 aliphatic rings. The SMILES string of the molecule is CC(NC(=S)Nc1cc(Cl)ccc1Cl)c1ccncc1. The molecule has 2 aromatic rings. The molecule has 6 heteroatoms. The molecule has 0 bridgehead atoms. The second-order valence-corrected chi connectivity index (χ2v) is 5.48. The Morgan fingerprint density at radius 3 is 2.60 bits per heavy atom. The molecule has 1 aromatic heterocycles. The Bertz CT molecular complexity index is 605. The summed E-state index contributed by atoms with van der Waals surface area (Å²) in [5.41, 5.74) is 1.78. The first kappa shape index (κ1) is 15.0. The van der Waals surface area contributed by atoms with Crippen molar-refractivity contribution in [1.82, 2.24) is 10.3 Å². The Kier molecular flexibility index (Phi) is 5.17. The van der Waals surface area contributed by atoms with E-state index in [2.05, 4.69) is 15.6 Å². The molecule has 1 aromatic carbocycles. The summed E-state index contributed by atoms with van der Waals surface area (Å²) in [5.74, 6) is 0. The van der Waals surface area contributed by atoms with E-state index in [0.717, 1.165) is 5.56 Å². The topological polar surface area (TPSA) is 37.0 Å². The molecule has 2 N–H and O–H groups in total. The minimum absolute atomic E-state index is 0.0657. The molecular weight excluding hydrogens is 313 g/mol. The van der Waals surface area contributed by atoms with E-state index >= 15 is 0 Å². The van der Waals surface area contributed by atoms with Crippen LogP contribution in [-0.4, -0.2) is 10.1 Å². The summed E-state index contributed by atoms with van der Waals surface area (Å²) in [5, 5.41) is 7.87. The van der Waals surface area contributed by atoms with E-state index in [1.165, 1.54) is 0 Å². The molecule has 0 fully saturated rings. The fourth-order valence-electron chi connectivity index (χ4n) is 1.68. The molecule has 0 spiro atoms. The standard InChI is InChI=1S/C14H13Cl2N3S/c1-9(10-4-6-17-7-5-10)18-14(20)19-13-8-11(15)2-3-12(13)16/h2-9H,1H3,(H2,18,19,20). The van der Waals surface area contributed by atoms with Crippen molar-refractivity contribution >= 4 is 46.2 Å². The van der Waals surface area contributed by atoms with Crippen molar-refractivity contribution in [2.24, 2.45) is 0 Å². The van der Waals surface area contributed by atoms with Crippen molar-refractivity contribution in [3.63, 3.8) is 0 Å². The van der Waals surface area contributed by atoms with E-state index in [-0.39, 0.29) is 6.04 Å². The normalized spacial score (nSPS) is 11.8. The number of aromatic nitrogens is 1. The number of nitrogens with one attached hydrogen (secondary N) is 2. The van der Waals surface area contributed by atoms with Gasteiger partial charge in [-0.25, -0.2) is 0 Å². The van der Waals surface area contributed by atoms with Gasteiger partial charge >= 0.3 is 0 Å². The third-order valence-electron chi connectivity index (χ3n) is 2.73. The van der Waals surface area contributed by atoms with Crippen LogP contribution in [0.25, 0.3) is 0 Å². The number of hydrogen-bond donors (Lipinski definition) is 2. The molecule has 0 aliphatic heterocycles. The van der Waals surface area contributed by atoms with Crippen LogP contribution in [0.1, 0.15) is 18.5 Å². The maximum absolute atomic E-state index is 6.08. The molecule has 0 saturated heterocycles. The molecule has 0 aliphatic carbocycles. The number of anilines is 1. The van der Waals surface area contributed by atoms with Gasteiger partial charge in [0.2, 0.25) is 0 Å². The summed E-state index contributed by atoms with van der Waals surface area (Å²) in [6.45, 7) is 2.02. The molecule has 0 saturated carbocycles. The molecule has 0 amide bonds. The lowest BCUT2D eigenvalue weighted by Crippen LogP contribution is -2.31. The molecule has 2 rings (SSSR count). The van der Waals surface area contributed by atoms with Gasteiger partial charge < -0.3 is 10.6 Å². The Balaban J connectivity index is 2.01. The fraction of sp³-hybridized carbons (Fsp3) is 0.143. The van der Waals surface area contributed by atoms with Gasteiger partial charge in [-0.3, -0.25) is 4.98 Å². The first-order valence-corrected chi connectivity index (χ1v) is 7.15. The van der Waals surface area contributed by atoms with Crippen molar-refractivity contribution < 1.29 is 0 Å². The summed E-state index contributed by atoms with van der Waals surface area (Å²) in [4.78, 5) is 3.99. The Hall–Kier alpha value is -1.36. The third kappa shape index (κ3) is 4.07. The lowest BCUT2D eigenvalue weighted by molar-refractivity contribution is 0.721. The quantitative estimate of drug-likeness (QED) is 0.818. The Morgan fingerprint density at radius 1 is 1.20 bits per heavy atom. The second kappa shape index (κ2) is 6.88. The van der Waals surface area contributed by atoms with Crippen LogP contribution < -0.4 is 10.6 Å². The zero-order valence-corrected chi connectivity index (χ0v) is 13.1. The van der Waals surface area contributed by atoms with Gasteiger partial charge in [-0.2, -0.15) is 0 Å². The number of nitrogens with zero attached hydrogens (tertiary/aromatic N) is 1. The summed E-state index contributed by atoms with van der Waals surface area (Å²) in [7, 11) is 0. The van der Waals surface area contributed by atoms with Crippen LogP contribution in [0.15, 0.2) is 42.7 Å². The van der Waals surface area contributed by atoms with Crippen LogP contribution >= 0.6 is 35.4 Å². The third-order valence-corrected chi connectivity index (χ3v) is 3.51. The summed E-state index contributed by atoms with van der Waals surface area (Å²) < 4.78 is 0. The summed E-state index contributed by atoms with van der Waals surface area (Å²) in [6.07, 6.45) is 3.50. The highest BCUT2D eigenvalue weighted by molar-refractivity contribution is 7.80. The highest BCUT2D eigenvalue weighted by atomic mass is 35.5. The first-order valence-electron chi connectivity index (χ1n) is 5.99. The van der Waals surface area contributed by atoms with Crippen molar-refractivity contribution in [3.8, 4) is 0 Å². The van der Waals surface area contributed by atoms with Crippen LogP contribution in [-0.2, 0) is 0 Å². The second-order valence-electron chi connectivity index (χ2n) is 4.22. The van der Waals surface area contributed by atoms with Gasteiger partial charge in [0.1, 0.15) is 0 Å². The summed E-state index contributed by atoms with van der Waals surface area (Å²) >= 11 is 17.3. The zero-order valence-electron chi connectivity index (χ0n) is 10.7. The first-order chi connectivity index (χ1) is 9.56. The van der Waals surface area contributed by atoms with Gasteiger partial charge in [0, 0.05) is 17.4 Å². The molecule has 0 radical (unpaired) electrons. The average Bonchev–Trinajstić information content (AvgIpc) is 2.43. The number of rotatable bonds is 3. The van der Waals surface area contributed by atoms with E-state index in [9.17, 15) is 0 Å². The monoisotopic (exact) mass is 325 g/mol. The molecule has 104 valence electrons. The van der Waals surface area contributed by atoms with Gasteiger partial charge in [-0.15, -0.1) is 0 Å². The number of hydrogen-bond acceptors (Lipinski definition) is 2. The van der Waals surface area contributed by atoms with E-state index in [1.807, 2.05) is 19.1 Å². The highest BCUT2D eigenvalue weighted by Crippen LogP contribution is 2.25. The molecule has 1 heterocycles. The van der Waals surface area contributed by atoms with E-state index in [1.54, 1.807) is 30.6 Å². The summed E-state index contributed by atoms with van der Waals surface area (Å²) in [6, 6.07) is 9.12. The predicted octanol–water partition coefficient (Wildman–Crippen LogP) is 4.44. The van der Waals surface area contributed by atoms with Crippen LogP contribution in [0.3, 0.4) is 0 Å². The number of pyridine rings is 1. The van der Waals surface area contributed by atoms with Gasteiger partial charge in [0.05, 0.1) is 16.8 Å². The number of halogens is 2. The number of benzene rings is 1. The van der Waals surface area contributed by atoms with Crippen LogP contribution in [0.2, 0.25) is 10.0 Å². The van der Waals surface area contributed by atoms with Crippen LogP contribution in [0.4, 0.5) is 5.69 Å². The van der Waals surface area contributed by atoms with Gasteiger partial charge in [0.25, 0.3) is 0 Å². The molecule has 3 nitrogen and oxygen atoms in total. The fourth-order valence-corrected chi connectivity index (χ4v) is 2.31. The van der Waals surface area contributed by atoms with Crippen molar-refractivity contribution in [2.45, 2.75) is 13.0 Å². The lowest BCUT2D eigenvalue weighted by Gasteiger charge is -2.17. The molecule has 20 heavy (non-hydrogen) atoms. The molecule has 1 unspecified atom stereocenters. The van der Waals surface area contributed by atoms with E-state index < -0.39 is 0 Å². The van der Waals surface area contributed by atoms with Gasteiger partial charge in [-0.05, 0) is 55.0 Å². The van der Waals surface area contributed by atoms with Gasteiger partial charge in [-0.1, -0.05) is 23.2 Å². The highest BCUT2D eigenvalue weighted by Gasteiger charge is 2.08. The number of thiocarbonyl (C=S) groups is 1. The largest absolute Gasteiger partial charge is 0.356 e. The average molecular weight is 326 g/mol. The lowest BCUT2D eigenvalue weighted by atomic mass is 10.1.